The van der Waals surface area contributed by atoms with Gasteiger partial charge >= 0.3 is 5.97 Å². The van der Waals surface area contributed by atoms with Crippen LogP contribution in [0.15, 0.2) is 24.3 Å². The first kappa shape index (κ1) is 17.0. The molecular formula is C15H21NO5. The highest BCUT2D eigenvalue weighted by Crippen LogP contribution is 2.14. The maximum atomic E-state index is 11.4. The van der Waals surface area contributed by atoms with Gasteiger partial charge in [0.25, 0.3) is 5.91 Å². The molecule has 116 valence electrons. The van der Waals surface area contributed by atoms with Crippen molar-refractivity contribution in [1.82, 2.24) is 5.32 Å². The predicted molar refractivity (Wildman–Crippen MR) is 77.4 cm³/mol. The molecule has 1 rings (SSSR count). The van der Waals surface area contributed by atoms with E-state index >= 15 is 0 Å². The topological polar surface area (TPSA) is 84.9 Å². The second-order valence-electron chi connectivity index (χ2n) is 4.55. The van der Waals surface area contributed by atoms with Gasteiger partial charge in [0.1, 0.15) is 5.75 Å². The minimum absolute atomic E-state index is 0.0326. The molecule has 0 bridgehead atoms. The first-order valence-corrected chi connectivity index (χ1v) is 6.80. The molecule has 1 aromatic rings. The largest absolute Gasteiger partial charge is 0.484 e. The van der Waals surface area contributed by atoms with Crippen LogP contribution in [0.1, 0.15) is 18.9 Å². The zero-order chi connectivity index (χ0) is 15.7. The molecule has 0 aliphatic rings. The minimum atomic E-state index is -0.995. The summed E-state index contributed by atoms with van der Waals surface area (Å²) in [7, 11) is 1.37. The number of amides is 1. The molecule has 6 heteroatoms. The molecule has 1 aromatic carbocycles. The molecule has 0 heterocycles. The third kappa shape index (κ3) is 6.27. The Morgan fingerprint density at radius 3 is 2.48 bits per heavy atom. The zero-order valence-electron chi connectivity index (χ0n) is 12.3. The van der Waals surface area contributed by atoms with Gasteiger partial charge in [-0.1, -0.05) is 19.1 Å². The van der Waals surface area contributed by atoms with Gasteiger partial charge in [0.2, 0.25) is 0 Å². The Morgan fingerprint density at radius 1 is 1.29 bits per heavy atom. The summed E-state index contributed by atoms with van der Waals surface area (Å²) in [6.07, 6.45) is 0.296. The number of aliphatic carboxylic acids is 1. The fraction of sp³-hybridized carbons (Fsp3) is 0.467. The third-order valence-electron chi connectivity index (χ3n) is 2.85. The van der Waals surface area contributed by atoms with Crippen LogP contribution in [0.25, 0.3) is 0 Å². The van der Waals surface area contributed by atoms with Crippen molar-refractivity contribution in [2.75, 3.05) is 20.3 Å². The van der Waals surface area contributed by atoms with Crippen molar-refractivity contribution in [2.45, 2.75) is 25.9 Å². The lowest BCUT2D eigenvalue weighted by Crippen LogP contribution is -2.29. The number of carbonyl (C=O) groups excluding carboxylic acids is 1. The Bertz CT molecular complexity index is 458. The average molecular weight is 295 g/mol. The lowest BCUT2D eigenvalue weighted by atomic mass is 10.1. The highest BCUT2D eigenvalue weighted by Gasteiger charge is 2.16. The molecule has 1 amide bonds. The summed E-state index contributed by atoms with van der Waals surface area (Å²) < 4.78 is 10.2. The Hall–Kier alpha value is -2.08. The highest BCUT2D eigenvalue weighted by molar-refractivity contribution is 5.77. The molecule has 0 aromatic heterocycles. The van der Waals surface area contributed by atoms with Crippen molar-refractivity contribution in [3.8, 4) is 5.75 Å². The summed E-state index contributed by atoms with van der Waals surface area (Å²) in [5.74, 6) is -0.591. The molecule has 0 aliphatic carbocycles. The van der Waals surface area contributed by atoms with Gasteiger partial charge in [0.05, 0.1) is 0 Å². The lowest BCUT2D eigenvalue weighted by Gasteiger charge is -2.11. The number of ether oxygens (including phenoxy) is 2. The van der Waals surface area contributed by atoms with Gasteiger partial charge in [-0.05, 0) is 24.1 Å². The maximum Gasteiger partial charge on any atom is 0.333 e. The monoisotopic (exact) mass is 295 g/mol. The Morgan fingerprint density at radius 2 is 1.95 bits per heavy atom. The number of carbonyl (C=O) groups is 2. The molecule has 1 atom stereocenters. The van der Waals surface area contributed by atoms with E-state index in [1.165, 1.54) is 7.11 Å². The Kier molecular flexibility index (Phi) is 7.25. The van der Waals surface area contributed by atoms with Crippen molar-refractivity contribution in [1.29, 1.82) is 0 Å². The number of hydrogen-bond donors (Lipinski definition) is 2. The van der Waals surface area contributed by atoms with Crippen molar-refractivity contribution >= 4 is 11.9 Å². The first-order valence-electron chi connectivity index (χ1n) is 6.80. The van der Waals surface area contributed by atoms with Crippen molar-refractivity contribution in [3.05, 3.63) is 29.8 Å². The van der Waals surface area contributed by atoms with Crippen LogP contribution in [0.4, 0.5) is 0 Å². The van der Waals surface area contributed by atoms with E-state index in [1.807, 2.05) is 6.92 Å². The van der Waals surface area contributed by atoms with E-state index < -0.39 is 12.1 Å². The molecule has 6 nitrogen and oxygen atoms in total. The summed E-state index contributed by atoms with van der Waals surface area (Å²) in [4.78, 5) is 22.3. The van der Waals surface area contributed by atoms with Gasteiger partial charge < -0.3 is 19.9 Å². The van der Waals surface area contributed by atoms with Crippen LogP contribution in [0.5, 0.6) is 5.75 Å². The number of carboxylic acid groups (broad SMARTS) is 1. The van der Waals surface area contributed by atoms with E-state index in [9.17, 15) is 9.59 Å². The first-order chi connectivity index (χ1) is 10.1. The SMILES string of the molecule is CCCNC(=O)COc1ccc(CC(OC)C(=O)O)cc1. The molecule has 0 radical (unpaired) electrons. The Balaban J connectivity index is 2.46. The normalized spacial score (nSPS) is 11.7. The molecule has 0 saturated heterocycles. The molecule has 0 saturated carbocycles. The van der Waals surface area contributed by atoms with Crippen LogP contribution in [0.3, 0.4) is 0 Å². The van der Waals surface area contributed by atoms with Crippen molar-refractivity contribution in [2.24, 2.45) is 0 Å². The molecule has 0 fully saturated rings. The van der Waals surface area contributed by atoms with E-state index in [-0.39, 0.29) is 18.9 Å². The molecule has 0 spiro atoms. The van der Waals surface area contributed by atoms with Crippen LogP contribution in [-0.4, -0.2) is 43.3 Å². The van der Waals surface area contributed by atoms with E-state index in [0.717, 1.165) is 12.0 Å². The second kappa shape index (κ2) is 8.97. The van der Waals surface area contributed by atoms with E-state index in [0.29, 0.717) is 12.3 Å². The number of nitrogens with one attached hydrogen (secondary N) is 1. The number of rotatable bonds is 9. The summed E-state index contributed by atoms with van der Waals surface area (Å²) in [6.45, 7) is 2.58. The van der Waals surface area contributed by atoms with Gasteiger partial charge in [-0.2, -0.15) is 0 Å². The molecule has 0 aliphatic heterocycles. The number of benzene rings is 1. The van der Waals surface area contributed by atoms with Crippen LogP contribution < -0.4 is 10.1 Å². The van der Waals surface area contributed by atoms with E-state index in [1.54, 1.807) is 24.3 Å². The summed E-state index contributed by atoms with van der Waals surface area (Å²) in [6, 6.07) is 6.93. The van der Waals surface area contributed by atoms with Gasteiger partial charge in [0.15, 0.2) is 12.7 Å². The third-order valence-corrected chi connectivity index (χ3v) is 2.85. The predicted octanol–water partition coefficient (Wildman–Crippen LogP) is 1.23. The summed E-state index contributed by atoms with van der Waals surface area (Å²) in [5, 5.41) is 11.6. The molecule has 2 N–H and O–H groups in total. The van der Waals surface area contributed by atoms with Gasteiger partial charge in [0, 0.05) is 20.1 Å². The summed E-state index contributed by atoms with van der Waals surface area (Å²) >= 11 is 0. The number of carboxylic acids is 1. The van der Waals surface area contributed by atoms with Crippen molar-refractivity contribution in [3.63, 3.8) is 0 Å². The number of hydrogen-bond acceptors (Lipinski definition) is 4. The molecule has 21 heavy (non-hydrogen) atoms. The van der Waals surface area contributed by atoms with E-state index in [2.05, 4.69) is 5.32 Å². The quantitative estimate of drug-likeness (QED) is 0.716. The Labute approximate surface area is 124 Å². The van der Waals surface area contributed by atoms with Crippen LogP contribution >= 0.6 is 0 Å². The van der Waals surface area contributed by atoms with Crippen LogP contribution in [-0.2, 0) is 20.7 Å². The summed E-state index contributed by atoms with van der Waals surface area (Å²) in [5.41, 5.74) is 0.826. The second-order valence-corrected chi connectivity index (χ2v) is 4.55. The van der Waals surface area contributed by atoms with Crippen LogP contribution in [0.2, 0.25) is 0 Å². The molecular weight excluding hydrogens is 274 g/mol. The fourth-order valence-electron chi connectivity index (χ4n) is 1.67. The van der Waals surface area contributed by atoms with Crippen molar-refractivity contribution < 1.29 is 24.2 Å². The highest BCUT2D eigenvalue weighted by atomic mass is 16.5. The fourth-order valence-corrected chi connectivity index (χ4v) is 1.67. The van der Waals surface area contributed by atoms with Gasteiger partial charge in [-0.25, -0.2) is 4.79 Å². The minimum Gasteiger partial charge on any atom is -0.484 e. The number of methoxy groups -OCH3 is 1. The smallest absolute Gasteiger partial charge is 0.333 e. The van der Waals surface area contributed by atoms with E-state index in [4.69, 9.17) is 14.6 Å². The maximum absolute atomic E-state index is 11.4. The lowest BCUT2D eigenvalue weighted by molar-refractivity contribution is -0.148. The van der Waals surface area contributed by atoms with Gasteiger partial charge in [-0.3, -0.25) is 4.79 Å². The zero-order valence-corrected chi connectivity index (χ0v) is 12.3. The molecule has 1 unspecified atom stereocenters. The standard InChI is InChI=1S/C15H21NO5/c1-3-8-16-14(17)10-21-12-6-4-11(5-7-12)9-13(20-2)15(18)19/h4-7,13H,3,8-10H2,1-2H3,(H,16,17)(H,18,19). The van der Waals surface area contributed by atoms with Crippen LogP contribution in [0, 0.1) is 0 Å². The van der Waals surface area contributed by atoms with Gasteiger partial charge in [-0.15, -0.1) is 0 Å². The average Bonchev–Trinajstić information content (AvgIpc) is 2.49.